The maximum Gasteiger partial charge on any atom is 0.377 e. The average Bonchev–Trinajstić information content (AvgIpc) is 3.28. The fraction of sp³-hybridized carbons (Fsp3) is 0.133. The van der Waals surface area contributed by atoms with Crippen molar-refractivity contribution in [2.75, 3.05) is 0 Å². The van der Waals surface area contributed by atoms with Crippen molar-refractivity contribution >= 4 is 40.0 Å². The highest BCUT2D eigenvalue weighted by Crippen LogP contribution is 2.24. The number of para-hydroxylation sites is 1. The van der Waals surface area contributed by atoms with Crippen LogP contribution in [0.25, 0.3) is 16.7 Å². The van der Waals surface area contributed by atoms with Gasteiger partial charge in [0.2, 0.25) is 0 Å². The lowest BCUT2D eigenvalue weighted by atomic mass is 10.2. The zero-order chi connectivity index (χ0) is 16.7. The summed E-state index contributed by atoms with van der Waals surface area (Å²) >= 11 is 1.05. The smallest absolute Gasteiger partial charge is 0.324 e. The Bertz CT molecular complexity index is 961. The molecule has 0 N–H and O–H groups in total. The van der Waals surface area contributed by atoms with E-state index in [-0.39, 0.29) is 17.7 Å². The predicted molar refractivity (Wildman–Crippen MR) is 83.2 cm³/mol. The van der Waals surface area contributed by atoms with Crippen LogP contribution in [-0.2, 0) is 14.4 Å². The third kappa shape index (κ3) is 2.26. The Labute approximate surface area is 139 Å². The highest BCUT2D eigenvalue weighted by atomic mass is 32.1. The quantitative estimate of drug-likeness (QED) is 0.673. The van der Waals surface area contributed by atoms with Crippen LogP contribution in [0.2, 0.25) is 0 Å². The van der Waals surface area contributed by atoms with E-state index in [1.807, 2.05) is 24.3 Å². The van der Waals surface area contributed by atoms with Crippen LogP contribution in [0.15, 0.2) is 36.0 Å². The van der Waals surface area contributed by atoms with Gasteiger partial charge in [-0.25, -0.2) is 14.5 Å². The number of hydroxylamine groups is 2. The second-order valence-corrected chi connectivity index (χ2v) is 5.94. The van der Waals surface area contributed by atoms with Crippen LogP contribution in [0.4, 0.5) is 0 Å². The Morgan fingerprint density at radius 2 is 1.92 bits per heavy atom. The van der Waals surface area contributed by atoms with Gasteiger partial charge in [-0.15, -0.1) is 16.4 Å². The summed E-state index contributed by atoms with van der Waals surface area (Å²) in [6.45, 7) is 0. The van der Waals surface area contributed by atoms with Crippen molar-refractivity contribution in [1.82, 2.24) is 19.8 Å². The number of amides is 2. The van der Waals surface area contributed by atoms with Crippen LogP contribution >= 0.6 is 11.3 Å². The van der Waals surface area contributed by atoms with Gasteiger partial charge in [0.25, 0.3) is 11.8 Å². The van der Waals surface area contributed by atoms with Gasteiger partial charge < -0.3 is 4.84 Å². The SMILES string of the molecule is O=C(ON1C(=O)CCC1=O)c1scnc1-n1ncc2ccccc21. The summed E-state index contributed by atoms with van der Waals surface area (Å²) in [5.74, 6) is -1.56. The van der Waals surface area contributed by atoms with Gasteiger partial charge in [-0.2, -0.15) is 5.10 Å². The number of nitrogens with zero attached hydrogens (tertiary/aromatic N) is 4. The number of aromatic nitrogens is 3. The molecule has 0 atom stereocenters. The Morgan fingerprint density at radius 3 is 2.71 bits per heavy atom. The highest BCUT2D eigenvalue weighted by molar-refractivity contribution is 7.12. The Hall–Kier alpha value is -3.07. The first-order chi connectivity index (χ1) is 11.6. The molecule has 1 aliphatic heterocycles. The lowest BCUT2D eigenvalue weighted by Gasteiger charge is -2.12. The minimum atomic E-state index is -0.810. The number of fused-ring (bicyclic) bond motifs is 1. The largest absolute Gasteiger partial charge is 0.377 e. The lowest BCUT2D eigenvalue weighted by Crippen LogP contribution is -2.32. The van der Waals surface area contributed by atoms with Crippen LogP contribution in [-0.4, -0.2) is 37.6 Å². The van der Waals surface area contributed by atoms with Crippen molar-refractivity contribution in [2.45, 2.75) is 12.8 Å². The summed E-state index contributed by atoms with van der Waals surface area (Å²) in [6.07, 6.45) is 1.76. The lowest BCUT2D eigenvalue weighted by molar-refractivity contribution is -0.172. The summed E-state index contributed by atoms with van der Waals surface area (Å²) in [6, 6.07) is 7.48. The molecule has 120 valence electrons. The number of carbonyl (C=O) groups is 3. The summed E-state index contributed by atoms with van der Waals surface area (Å²) in [5, 5.41) is 5.67. The molecule has 0 radical (unpaired) electrons. The number of rotatable bonds is 3. The van der Waals surface area contributed by atoms with Crippen LogP contribution in [0.3, 0.4) is 0 Å². The first-order valence-electron chi connectivity index (χ1n) is 7.10. The highest BCUT2D eigenvalue weighted by Gasteiger charge is 2.34. The summed E-state index contributed by atoms with van der Waals surface area (Å²) in [7, 11) is 0. The van der Waals surface area contributed by atoms with Crippen LogP contribution < -0.4 is 0 Å². The van der Waals surface area contributed by atoms with Gasteiger partial charge in [0.1, 0.15) is 0 Å². The number of carbonyl (C=O) groups excluding carboxylic acids is 3. The zero-order valence-corrected chi connectivity index (χ0v) is 13.0. The topological polar surface area (TPSA) is 94.4 Å². The van der Waals surface area contributed by atoms with Gasteiger partial charge >= 0.3 is 5.97 Å². The minimum Gasteiger partial charge on any atom is -0.324 e. The zero-order valence-electron chi connectivity index (χ0n) is 12.2. The number of hydrogen-bond donors (Lipinski definition) is 0. The molecule has 0 spiro atoms. The predicted octanol–water partition coefficient (Wildman–Crippen LogP) is 1.70. The standard InChI is InChI=1S/C15H10N4O4S/c20-11-5-6-12(21)19(11)23-15(22)13-14(16-8-24-13)18-10-4-2-1-3-9(10)7-17-18/h1-4,7-8H,5-6H2. The van der Waals surface area contributed by atoms with Gasteiger partial charge in [-0.3, -0.25) is 9.59 Å². The third-order valence-corrected chi connectivity index (χ3v) is 4.39. The van der Waals surface area contributed by atoms with E-state index in [0.29, 0.717) is 10.9 Å². The summed E-state index contributed by atoms with van der Waals surface area (Å²) in [4.78, 5) is 44.8. The van der Waals surface area contributed by atoms with Gasteiger partial charge in [-0.1, -0.05) is 18.2 Å². The van der Waals surface area contributed by atoms with Crippen molar-refractivity contribution in [3.8, 4) is 5.82 Å². The molecule has 9 heteroatoms. The Balaban J connectivity index is 1.69. The Kier molecular flexibility index (Phi) is 3.35. The van der Waals surface area contributed by atoms with Gasteiger partial charge in [-0.05, 0) is 6.07 Å². The normalized spacial score (nSPS) is 14.6. The molecule has 0 bridgehead atoms. The third-order valence-electron chi connectivity index (χ3n) is 3.59. The van der Waals surface area contributed by atoms with E-state index >= 15 is 0 Å². The molecule has 0 unspecified atom stereocenters. The molecule has 2 amide bonds. The molecular weight excluding hydrogens is 332 g/mol. The van der Waals surface area contributed by atoms with Gasteiger partial charge in [0.15, 0.2) is 10.7 Å². The number of benzene rings is 1. The van der Waals surface area contributed by atoms with Crippen molar-refractivity contribution in [3.05, 3.63) is 40.8 Å². The molecule has 2 aromatic heterocycles. The first-order valence-corrected chi connectivity index (χ1v) is 7.98. The fourth-order valence-electron chi connectivity index (χ4n) is 2.45. The van der Waals surface area contributed by atoms with E-state index in [0.717, 1.165) is 22.2 Å². The summed E-state index contributed by atoms with van der Waals surface area (Å²) in [5.41, 5.74) is 2.27. The van der Waals surface area contributed by atoms with Crippen molar-refractivity contribution in [3.63, 3.8) is 0 Å². The maximum absolute atomic E-state index is 12.4. The molecule has 8 nitrogen and oxygen atoms in total. The van der Waals surface area contributed by atoms with Crippen LogP contribution in [0, 0.1) is 0 Å². The van der Waals surface area contributed by atoms with E-state index in [1.165, 1.54) is 10.2 Å². The molecular formula is C15H10N4O4S. The van der Waals surface area contributed by atoms with E-state index in [2.05, 4.69) is 10.1 Å². The Morgan fingerprint density at radius 1 is 1.17 bits per heavy atom. The molecule has 0 saturated carbocycles. The van der Waals surface area contributed by atoms with E-state index in [1.54, 1.807) is 6.20 Å². The average molecular weight is 342 g/mol. The molecule has 1 aliphatic rings. The van der Waals surface area contributed by atoms with Crippen LogP contribution in [0.5, 0.6) is 0 Å². The van der Waals surface area contributed by atoms with Crippen molar-refractivity contribution in [1.29, 1.82) is 0 Å². The molecule has 1 saturated heterocycles. The minimum absolute atomic E-state index is 0.0471. The summed E-state index contributed by atoms with van der Waals surface area (Å²) < 4.78 is 1.52. The fourth-order valence-corrected chi connectivity index (χ4v) is 3.09. The molecule has 1 fully saturated rings. The number of imide groups is 1. The van der Waals surface area contributed by atoms with E-state index in [9.17, 15) is 14.4 Å². The first kappa shape index (κ1) is 14.5. The van der Waals surface area contributed by atoms with Gasteiger partial charge in [0.05, 0.1) is 17.2 Å². The molecule has 4 rings (SSSR count). The second kappa shape index (κ2) is 5.53. The second-order valence-electron chi connectivity index (χ2n) is 5.08. The monoisotopic (exact) mass is 342 g/mol. The van der Waals surface area contributed by atoms with Crippen molar-refractivity contribution in [2.24, 2.45) is 0 Å². The molecule has 24 heavy (non-hydrogen) atoms. The maximum atomic E-state index is 12.4. The van der Waals surface area contributed by atoms with Crippen molar-refractivity contribution < 1.29 is 19.2 Å². The molecule has 3 aromatic rings. The van der Waals surface area contributed by atoms with E-state index < -0.39 is 17.8 Å². The molecule has 3 heterocycles. The molecule has 1 aromatic carbocycles. The molecule has 0 aliphatic carbocycles. The van der Waals surface area contributed by atoms with Gasteiger partial charge in [0, 0.05) is 18.2 Å². The van der Waals surface area contributed by atoms with E-state index in [4.69, 9.17) is 4.84 Å². The van der Waals surface area contributed by atoms with Crippen LogP contribution in [0.1, 0.15) is 22.5 Å². The number of hydrogen-bond acceptors (Lipinski definition) is 7. The number of thiazole rings is 1.